The van der Waals surface area contributed by atoms with Gasteiger partial charge in [-0.1, -0.05) is 25.4 Å². The third-order valence-electron chi connectivity index (χ3n) is 3.36. The summed E-state index contributed by atoms with van der Waals surface area (Å²) < 4.78 is 10.1. The van der Waals surface area contributed by atoms with Crippen molar-refractivity contribution in [3.8, 4) is 5.75 Å². The van der Waals surface area contributed by atoms with Crippen LogP contribution >= 0.6 is 23.1 Å². The van der Waals surface area contributed by atoms with E-state index in [0.29, 0.717) is 23.3 Å². The Morgan fingerprint density at radius 1 is 1.29 bits per heavy atom. The van der Waals surface area contributed by atoms with Gasteiger partial charge in [-0.3, -0.25) is 0 Å². The zero-order chi connectivity index (χ0) is 15.0. The molecule has 2 aromatic heterocycles. The van der Waals surface area contributed by atoms with E-state index in [1.54, 1.807) is 0 Å². The summed E-state index contributed by atoms with van der Waals surface area (Å²) >= 11 is 7.77. The van der Waals surface area contributed by atoms with Crippen molar-refractivity contribution < 1.29 is 4.74 Å². The average molecular weight is 321 g/mol. The highest BCUT2D eigenvalue weighted by molar-refractivity contribution is 7.05. The SMILES string of the molecule is Cc1cc(COc2cc3[nH]c(C(C)C)cc3cc2Cl)sn1. The van der Waals surface area contributed by atoms with Crippen molar-refractivity contribution in [1.82, 2.24) is 9.36 Å². The van der Waals surface area contributed by atoms with E-state index in [1.165, 1.54) is 17.2 Å². The van der Waals surface area contributed by atoms with Gasteiger partial charge in [0.2, 0.25) is 0 Å². The van der Waals surface area contributed by atoms with Gasteiger partial charge in [0.15, 0.2) is 0 Å². The highest BCUT2D eigenvalue weighted by atomic mass is 35.5. The molecule has 0 radical (unpaired) electrons. The minimum absolute atomic E-state index is 0.459. The van der Waals surface area contributed by atoms with Gasteiger partial charge >= 0.3 is 0 Å². The lowest BCUT2D eigenvalue weighted by Crippen LogP contribution is -1.93. The molecule has 0 atom stereocenters. The monoisotopic (exact) mass is 320 g/mol. The molecule has 0 fully saturated rings. The molecule has 0 saturated heterocycles. The van der Waals surface area contributed by atoms with E-state index >= 15 is 0 Å². The van der Waals surface area contributed by atoms with Gasteiger partial charge in [-0.05, 0) is 42.6 Å². The minimum Gasteiger partial charge on any atom is -0.486 e. The van der Waals surface area contributed by atoms with E-state index in [1.807, 2.05) is 25.1 Å². The number of halogens is 1. The van der Waals surface area contributed by atoms with Gasteiger partial charge in [0.05, 0.1) is 15.6 Å². The summed E-state index contributed by atoms with van der Waals surface area (Å²) in [5, 5.41) is 1.75. The molecule has 1 aromatic carbocycles. The van der Waals surface area contributed by atoms with Gasteiger partial charge < -0.3 is 9.72 Å². The second-order valence-electron chi connectivity index (χ2n) is 5.47. The smallest absolute Gasteiger partial charge is 0.140 e. The van der Waals surface area contributed by atoms with Gasteiger partial charge in [0, 0.05) is 22.7 Å². The minimum atomic E-state index is 0.459. The van der Waals surface area contributed by atoms with Crippen LogP contribution in [0, 0.1) is 6.92 Å². The van der Waals surface area contributed by atoms with Crippen molar-refractivity contribution >= 4 is 34.0 Å². The molecule has 110 valence electrons. The summed E-state index contributed by atoms with van der Waals surface area (Å²) in [7, 11) is 0. The van der Waals surface area contributed by atoms with Crippen LogP contribution in [-0.2, 0) is 6.61 Å². The second-order valence-corrected chi connectivity index (χ2v) is 6.77. The van der Waals surface area contributed by atoms with Crippen LogP contribution in [0.25, 0.3) is 10.9 Å². The first-order valence-corrected chi connectivity index (χ1v) is 8.05. The number of ether oxygens (including phenoxy) is 1. The molecule has 21 heavy (non-hydrogen) atoms. The van der Waals surface area contributed by atoms with E-state index in [2.05, 4.69) is 29.3 Å². The summed E-state index contributed by atoms with van der Waals surface area (Å²) in [4.78, 5) is 4.51. The zero-order valence-electron chi connectivity index (χ0n) is 12.2. The van der Waals surface area contributed by atoms with E-state index in [0.717, 1.165) is 21.5 Å². The lowest BCUT2D eigenvalue weighted by molar-refractivity contribution is 0.310. The molecule has 3 nitrogen and oxygen atoms in total. The first-order chi connectivity index (χ1) is 10.0. The number of benzene rings is 1. The second kappa shape index (κ2) is 5.70. The van der Waals surface area contributed by atoms with Crippen LogP contribution in [0.1, 0.15) is 36.0 Å². The van der Waals surface area contributed by atoms with Crippen molar-refractivity contribution in [2.24, 2.45) is 0 Å². The number of aryl methyl sites for hydroxylation is 1. The largest absolute Gasteiger partial charge is 0.486 e. The molecule has 3 aromatic rings. The lowest BCUT2D eigenvalue weighted by Gasteiger charge is -2.06. The molecule has 0 aliphatic rings. The molecule has 0 saturated carbocycles. The maximum atomic E-state index is 6.31. The number of aromatic nitrogens is 2. The third-order valence-corrected chi connectivity index (χ3v) is 4.51. The van der Waals surface area contributed by atoms with Gasteiger partial charge in [0.1, 0.15) is 12.4 Å². The molecular formula is C16H17ClN2OS. The number of nitrogens with one attached hydrogen (secondary N) is 1. The Morgan fingerprint density at radius 3 is 2.76 bits per heavy atom. The highest BCUT2D eigenvalue weighted by Crippen LogP contribution is 2.32. The van der Waals surface area contributed by atoms with Crippen LogP contribution in [0.5, 0.6) is 5.75 Å². The topological polar surface area (TPSA) is 37.9 Å². The highest BCUT2D eigenvalue weighted by Gasteiger charge is 2.10. The van der Waals surface area contributed by atoms with Gasteiger partial charge in [-0.25, -0.2) is 0 Å². The van der Waals surface area contributed by atoms with Crippen LogP contribution in [0.15, 0.2) is 24.3 Å². The van der Waals surface area contributed by atoms with Gasteiger partial charge in [0.25, 0.3) is 0 Å². The number of rotatable bonds is 4. The molecule has 0 aliphatic heterocycles. The fourth-order valence-corrected chi connectivity index (χ4v) is 3.09. The van der Waals surface area contributed by atoms with Crippen LogP contribution in [0.3, 0.4) is 0 Å². The van der Waals surface area contributed by atoms with Crippen LogP contribution in [0.2, 0.25) is 5.02 Å². The van der Waals surface area contributed by atoms with Crippen molar-refractivity contribution in [2.75, 3.05) is 0 Å². The molecule has 1 N–H and O–H groups in total. The maximum Gasteiger partial charge on any atom is 0.140 e. The van der Waals surface area contributed by atoms with E-state index < -0.39 is 0 Å². The molecule has 0 amide bonds. The summed E-state index contributed by atoms with van der Waals surface area (Å²) in [6.45, 7) is 6.80. The maximum absolute atomic E-state index is 6.31. The summed E-state index contributed by atoms with van der Waals surface area (Å²) in [6, 6.07) is 8.09. The predicted molar refractivity (Wildman–Crippen MR) is 88.6 cm³/mol. The number of H-pyrrole nitrogens is 1. The number of nitrogens with zero attached hydrogens (tertiary/aromatic N) is 1. The normalized spacial score (nSPS) is 11.5. The van der Waals surface area contributed by atoms with Crippen molar-refractivity contribution in [2.45, 2.75) is 33.3 Å². The zero-order valence-corrected chi connectivity index (χ0v) is 13.8. The number of hydrogen-bond donors (Lipinski definition) is 1. The van der Waals surface area contributed by atoms with Gasteiger partial charge in [-0.15, -0.1) is 0 Å². The van der Waals surface area contributed by atoms with Crippen LogP contribution < -0.4 is 4.74 Å². The predicted octanol–water partition coefficient (Wildman–Crippen LogP) is 5.29. The standard InChI is InChI=1S/C16H17ClN2OS/c1-9(2)14-6-11-5-13(17)16(7-15(11)18-14)20-8-12-4-10(3)19-21-12/h4-7,9,18H,8H2,1-3H3. The fourth-order valence-electron chi connectivity index (χ4n) is 2.21. The first kappa shape index (κ1) is 14.4. The van der Waals surface area contributed by atoms with Gasteiger partial charge in [-0.2, -0.15) is 4.37 Å². The summed E-state index contributed by atoms with van der Waals surface area (Å²) in [6.07, 6.45) is 0. The quantitative estimate of drug-likeness (QED) is 0.709. The van der Waals surface area contributed by atoms with Crippen molar-refractivity contribution in [1.29, 1.82) is 0 Å². The third kappa shape index (κ3) is 3.06. The molecule has 0 bridgehead atoms. The molecule has 0 spiro atoms. The molecule has 3 rings (SSSR count). The lowest BCUT2D eigenvalue weighted by atomic mass is 10.1. The number of aromatic amines is 1. The Hall–Kier alpha value is -1.52. The molecular weight excluding hydrogens is 304 g/mol. The van der Waals surface area contributed by atoms with E-state index in [9.17, 15) is 0 Å². The van der Waals surface area contributed by atoms with Crippen LogP contribution in [-0.4, -0.2) is 9.36 Å². The fraction of sp³-hybridized carbons (Fsp3) is 0.312. The molecule has 0 aliphatic carbocycles. The Bertz CT molecular complexity index is 776. The molecule has 0 unspecified atom stereocenters. The summed E-state index contributed by atoms with van der Waals surface area (Å²) in [5.74, 6) is 1.16. The first-order valence-electron chi connectivity index (χ1n) is 6.90. The van der Waals surface area contributed by atoms with Crippen LogP contribution in [0.4, 0.5) is 0 Å². The average Bonchev–Trinajstić information content (AvgIpc) is 3.02. The number of hydrogen-bond acceptors (Lipinski definition) is 3. The Balaban J connectivity index is 1.86. The van der Waals surface area contributed by atoms with E-state index in [-0.39, 0.29) is 0 Å². The number of fused-ring (bicyclic) bond motifs is 1. The summed E-state index contributed by atoms with van der Waals surface area (Å²) in [5.41, 5.74) is 3.28. The Morgan fingerprint density at radius 2 is 2.10 bits per heavy atom. The Labute approximate surface area is 133 Å². The van der Waals surface area contributed by atoms with Crippen molar-refractivity contribution in [3.05, 3.63) is 45.6 Å². The van der Waals surface area contributed by atoms with Crippen molar-refractivity contribution in [3.63, 3.8) is 0 Å². The molecule has 5 heteroatoms. The molecule has 2 heterocycles. The Kier molecular flexibility index (Phi) is 3.91. The van der Waals surface area contributed by atoms with E-state index in [4.69, 9.17) is 16.3 Å².